The third-order valence-corrected chi connectivity index (χ3v) is 18.1. The Morgan fingerprint density at radius 3 is 2.08 bits per heavy atom. The van der Waals surface area contributed by atoms with Crippen LogP contribution in [0.15, 0.2) is 12.2 Å². The summed E-state index contributed by atoms with van der Waals surface area (Å²) in [6, 6.07) is -0.0832. The fourth-order valence-corrected chi connectivity index (χ4v) is 14.8. The molecule has 0 bridgehead atoms. The minimum Gasteiger partial charge on any atom is -0.465 e. The van der Waals surface area contributed by atoms with Crippen LogP contribution in [0.3, 0.4) is 0 Å². The number of ether oxygens (including phenoxy) is 1. The van der Waals surface area contributed by atoms with E-state index in [9.17, 15) is 19.5 Å². The van der Waals surface area contributed by atoms with Crippen LogP contribution in [0.1, 0.15) is 145 Å². The van der Waals surface area contributed by atoms with Crippen LogP contribution in [0.4, 0.5) is 0 Å². The number of carbonyl (C=O) groups excluding carboxylic acids is 3. The van der Waals surface area contributed by atoms with Gasteiger partial charge in [0.15, 0.2) is 0 Å². The summed E-state index contributed by atoms with van der Waals surface area (Å²) in [4.78, 5) is 40.9. The van der Waals surface area contributed by atoms with Crippen LogP contribution in [-0.4, -0.2) is 46.5 Å². The largest absolute Gasteiger partial charge is 0.465 e. The monoisotopic (exact) mass is 678 g/mol. The SMILES string of the molecule is C=C(C)C1CCC2(COC(=O)C3CCC(N4C(=O)C(C)C(C)C4=O)CC3)CCC3(C)C(CCC4C5(C)CCC(O)C(C)(C)C5CCC43C)C12. The Kier molecular flexibility index (Phi) is 8.68. The number of aliphatic hydroxyl groups excluding tert-OH is 1. The average molecular weight is 678 g/mol. The molecule has 0 aromatic carbocycles. The Bertz CT molecular complexity index is 1360. The number of likely N-dealkylation sites (tertiary alicyclic amines) is 1. The first-order valence-electron chi connectivity index (χ1n) is 20.3. The summed E-state index contributed by atoms with van der Waals surface area (Å²) in [5.41, 5.74) is 2.05. The van der Waals surface area contributed by atoms with Crippen molar-refractivity contribution >= 4 is 17.8 Å². The summed E-state index contributed by atoms with van der Waals surface area (Å²) < 4.78 is 6.42. The third-order valence-electron chi connectivity index (χ3n) is 18.1. The van der Waals surface area contributed by atoms with E-state index < -0.39 is 0 Å². The second-order valence-corrected chi connectivity index (χ2v) is 20.2. The molecule has 2 amide bonds. The molecule has 1 N–H and O–H groups in total. The topological polar surface area (TPSA) is 83.9 Å². The molecule has 12 unspecified atom stereocenters. The van der Waals surface area contributed by atoms with E-state index in [1.165, 1.54) is 42.6 Å². The van der Waals surface area contributed by atoms with Gasteiger partial charge in [-0.15, -0.1) is 0 Å². The van der Waals surface area contributed by atoms with Crippen molar-refractivity contribution in [1.29, 1.82) is 0 Å². The van der Waals surface area contributed by atoms with Crippen LogP contribution in [-0.2, 0) is 19.1 Å². The molecule has 0 radical (unpaired) electrons. The van der Waals surface area contributed by atoms with Crippen molar-refractivity contribution in [2.24, 2.45) is 74.4 Å². The van der Waals surface area contributed by atoms with Crippen LogP contribution < -0.4 is 0 Å². The number of esters is 1. The van der Waals surface area contributed by atoms with Crippen molar-refractivity contribution < 1.29 is 24.2 Å². The summed E-state index contributed by atoms with van der Waals surface area (Å²) in [5, 5.41) is 11.1. The molecule has 0 aromatic heterocycles. The molecule has 6 aliphatic carbocycles. The molecule has 1 aliphatic heterocycles. The van der Waals surface area contributed by atoms with E-state index in [0.29, 0.717) is 61.9 Å². The maximum absolute atomic E-state index is 13.7. The van der Waals surface area contributed by atoms with E-state index in [2.05, 4.69) is 48.1 Å². The Hall–Kier alpha value is -1.69. The van der Waals surface area contributed by atoms with Gasteiger partial charge in [0.1, 0.15) is 0 Å². The number of hydrogen-bond donors (Lipinski definition) is 1. The highest BCUT2D eigenvalue weighted by molar-refractivity contribution is 6.05. The molecule has 7 fully saturated rings. The first-order valence-corrected chi connectivity index (χ1v) is 20.3. The minimum absolute atomic E-state index is 0.0164. The molecule has 0 aromatic rings. The highest BCUT2D eigenvalue weighted by Crippen LogP contribution is 2.77. The molecule has 7 aliphatic rings. The lowest BCUT2D eigenvalue weighted by Crippen LogP contribution is -2.66. The maximum atomic E-state index is 13.7. The number of carbonyl (C=O) groups is 3. The Morgan fingerprint density at radius 2 is 1.45 bits per heavy atom. The van der Waals surface area contributed by atoms with Gasteiger partial charge in [0.2, 0.25) is 11.8 Å². The van der Waals surface area contributed by atoms with Gasteiger partial charge >= 0.3 is 5.97 Å². The van der Waals surface area contributed by atoms with Crippen molar-refractivity contribution in [3.63, 3.8) is 0 Å². The third kappa shape index (κ3) is 4.97. The van der Waals surface area contributed by atoms with Crippen molar-refractivity contribution in [1.82, 2.24) is 4.90 Å². The van der Waals surface area contributed by atoms with Gasteiger partial charge in [0, 0.05) is 23.3 Å². The summed E-state index contributed by atoms with van der Waals surface area (Å²) in [6.45, 7) is 23.6. The normalized spacial score (nSPS) is 50.6. The number of imide groups is 1. The molecule has 7 rings (SSSR count). The number of nitrogens with zero attached hydrogens (tertiary/aromatic N) is 1. The van der Waals surface area contributed by atoms with Gasteiger partial charge in [-0.1, -0.05) is 60.6 Å². The molecule has 1 heterocycles. The molecule has 6 nitrogen and oxygen atoms in total. The van der Waals surface area contributed by atoms with Gasteiger partial charge in [0.05, 0.1) is 18.6 Å². The highest BCUT2D eigenvalue weighted by atomic mass is 16.5. The van der Waals surface area contributed by atoms with Crippen molar-refractivity contribution in [2.45, 2.75) is 157 Å². The summed E-state index contributed by atoms with van der Waals surface area (Å²) in [7, 11) is 0. The number of rotatable bonds is 5. The Morgan fingerprint density at radius 1 is 0.796 bits per heavy atom. The van der Waals surface area contributed by atoms with Gasteiger partial charge in [-0.05, 0) is 148 Å². The average Bonchev–Trinajstić information content (AvgIpc) is 3.53. The fraction of sp³-hybridized carbons (Fsp3) is 0.884. The zero-order valence-corrected chi connectivity index (χ0v) is 32.1. The fourth-order valence-electron chi connectivity index (χ4n) is 14.8. The lowest BCUT2D eigenvalue weighted by molar-refractivity contribution is -0.250. The van der Waals surface area contributed by atoms with Crippen LogP contribution in [0, 0.1) is 74.4 Å². The minimum atomic E-state index is -0.252. The summed E-state index contributed by atoms with van der Waals surface area (Å²) >= 11 is 0. The van der Waals surface area contributed by atoms with Crippen molar-refractivity contribution in [2.75, 3.05) is 6.61 Å². The van der Waals surface area contributed by atoms with E-state index in [-0.39, 0.29) is 74.8 Å². The van der Waals surface area contributed by atoms with Gasteiger partial charge in [-0.3, -0.25) is 19.3 Å². The van der Waals surface area contributed by atoms with E-state index in [1.54, 1.807) is 0 Å². The van der Waals surface area contributed by atoms with Crippen LogP contribution >= 0.6 is 0 Å². The van der Waals surface area contributed by atoms with Crippen LogP contribution in [0.2, 0.25) is 0 Å². The van der Waals surface area contributed by atoms with E-state index >= 15 is 0 Å². The van der Waals surface area contributed by atoms with E-state index in [0.717, 1.165) is 32.1 Å². The van der Waals surface area contributed by atoms with E-state index in [4.69, 9.17) is 4.74 Å². The van der Waals surface area contributed by atoms with E-state index in [1.807, 2.05) is 13.8 Å². The molecule has 0 spiro atoms. The standard InChI is InChI=1S/C43H67NO5/c1-25(2)30-16-21-43(24-49-38(48)28-10-12-29(13-11-28)44-36(46)26(3)27(4)37(44)47)23-22-41(8)31(35(30)43)14-15-33-40(7)19-18-34(45)39(5,6)32(40)17-20-42(33,41)9/h26-35,45H,1,10-24H2,2-9H3. The molecule has 6 saturated carbocycles. The second kappa shape index (κ2) is 11.9. The number of hydrogen-bond acceptors (Lipinski definition) is 5. The van der Waals surface area contributed by atoms with Gasteiger partial charge in [0.25, 0.3) is 0 Å². The predicted octanol–water partition coefficient (Wildman–Crippen LogP) is 8.75. The first kappa shape index (κ1) is 35.7. The molecule has 49 heavy (non-hydrogen) atoms. The molecular weight excluding hydrogens is 610 g/mol. The number of amides is 2. The zero-order valence-electron chi connectivity index (χ0n) is 32.1. The van der Waals surface area contributed by atoms with Gasteiger partial charge in [-0.25, -0.2) is 0 Å². The van der Waals surface area contributed by atoms with Gasteiger partial charge < -0.3 is 9.84 Å². The number of allylic oxidation sites excluding steroid dienone is 1. The quantitative estimate of drug-likeness (QED) is 0.179. The lowest BCUT2D eigenvalue weighted by Gasteiger charge is -2.73. The van der Waals surface area contributed by atoms with Crippen LogP contribution in [0.25, 0.3) is 0 Å². The molecule has 274 valence electrons. The molecule has 1 saturated heterocycles. The maximum Gasteiger partial charge on any atom is 0.308 e. The van der Waals surface area contributed by atoms with Gasteiger partial charge in [-0.2, -0.15) is 0 Å². The zero-order chi connectivity index (χ0) is 35.5. The lowest BCUT2D eigenvalue weighted by atomic mass is 9.32. The van der Waals surface area contributed by atoms with Crippen molar-refractivity contribution in [3.8, 4) is 0 Å². The molecular formula is C43H67NO5. The smallest absolute Gasteiger partial charge is 0.308 e. The summed E-state index contributed by atoms with van der Waals surface area (Å²) in [6.07, 6.45) is 14.2. The highest BCUT2D eigenvalue weighted by Gasteiger charge is 2.71. The Balaban J connectivity index is 1.07. The Labute approximate surface area is 296 Å². The number of aliphatic hydroxyl groups is 1. The predicted molar refractivity (Wildman–Crippen MR) is 192 cm³/mol. The molecule has 6 heteroatoms. The second-order valence-electron chi connectivity index (χ2n) is 20.2. The van der Waals surface area contributed by atoms with Crippen molar-refractivity contribution in [3.05, 3.63) is 12.2 Å². The first-order chi connectivity index (χ1) is 22.9. The van der Waals surface area contributed by atoms with Crippen LogP contribution in [0.5, 0.6) is 0 Å². The molecule has 12 atom stereocenters. The summed E-state index contributed by atoms with van der Waals surface area (Å²) in [5.74, 6) is 2.02. The number of fused-ring (bicyclic) bond motifs is 7.